The molecule has 0 aliphatic rings. The standard InChI is InChI=1S/C13H22ClNO/c1-3-4-5-6-7-8-12(15-2)11-9-10-16-13(11)14/h9-10,12,15H,3-8H2,1-2H3. The van der Waals surface area contributed by atoms with Gasteiger partial charge in [-0.2, -0.15) is 0 Å². The Kier molecular flexibility index (Phi) is 6.58. The molecule has 2 nitrogen and oxygen atoms in total. The van der Waals surface area contributed by atoms with E-state index in [0.717, 1.165) is 12.0 Å². The average molecular weight is 244 g/mol. The predicted octanol–water partition coefficient (Wildman–Crippen LogP) is 4.55. The molecule has 16 heavy (non-hydrogen) atoms. The second kappa shape index (κ2) is 7.75. The lowest BCUT2D eigenvalue weighted by molar-refractivity contribution is 0.492. The van der Waals surface area contributed by atoms with Crippen molar-refractivity contribution in [3.63, 3.8) is 0 Å². The molecule has 0 aliphatic carbocycles. The smallest absolute Gasteiger partial charge is 0.197 e. The van der Waals surface area contributed by atoms with Crippen molar-refractivity contribution in [1.29, 1.82) is 0 Å². The van der Waals surface area contributed by atoms with Gasteiger partial charge in [-0.05, 0) is 31.1 Å². The first-order valence-corrected chi connectivity index (χ1v) is 6.57. The van der Waals surface area contributed by atoms with Gasteiger partial charge in [-0.3, -0.25) is 0 Å². The van der Waals surface area contributed by atoms with Crippen molar-refractivity contribution in [3.8, 4) is 0 Å². The molecular weight excluding hydrogens is 222 g/mol. The first kappa shape index (κ1) is 13.6. The van der Waals surface area contributed by atoms with Gasteiger partial charge in [0.25, 0.3) is 0 Å². The van der Waals surface area contributed by atoms with Gasteiger partial charge in [-0.15, -0.1) is 0 Å². The molecule has 0 fully saturated rings. The second-order valence-electron chi connectivity index (χ2n) is 4.19. The van der Waals surface area contributed by atoms with Crippen LogP contribution in [0.1, 0.15) is 57.1 Å². The molecule has 1 atom stereocenters. The maximum Gasteiger partial charge on any atom is 0.197 e. The van der Waals surface area contributed by atoms with Crippen LogP contribution in [-0.2, 0) is 0 Å². The molecule has 0 saturated carbocycles. The molecule has 0 bridgehead atoms. The molecule has 3 heteroatoms. The average Bonchev–Trinajstić information content (AvgIpc) is 2.70. The van der Waals surface area contributed by atoms with Crippen LogP contribution in [0.4, 0.5) is 0 Å². The fourth-order valence-electron chi connectivity index (χ4n) is 1.96. The summed E-state index contributed by atoms with van der Waals surface area (Å²) < 4.78 is 5.12. The van der Waals surface area contributed by atoms with Crippen molar-refractivity contribution >= 4 is 11.6 Å². The monoisotopic (exact) mass is 243 g/mol. The van der Waals surface area contributed by atoms with Gasteiger partial charge in [0.15, 0.2) is 5.22 Å². The van der Waals surface area contributed by atoms with Crippen LogP contribution in [0.3, 0.4) is 0 Å². The highest BCUT2D eigenvalue weighted by Gasteiger charge is 2.14. The van der Waals surface area contributed by atoms with Crippen LogP contribution < -0.4 is 5.32 Å². The normalized spacial score (nSPS) is 12.9. The fourth-order valence-corrected chi connectivity index (χ4v) is 2.21. The molecule has 1 rings (SSSR count). The molecule has 1 heterocycles. The Morgan fingerprint density at radius 3 is 2.62 bits per heavy atom. The molecule has 0 saturated heterocycles. The molecule has 0 spiro atoms. The number of hydrogen-bond donors (Lipinski definition) is 1. The van der Waals surface area contributed by atoms with E-state index in [1.807, 2.05) is 13.1 Å². The largest absolute Gasteiger partial charge is 0.453 e. The van der Waals surface area contributed by atoms with Gasteiger partial charge in [0.2, 0.25) is 0 Å². The molecule has 1 aromatic rings. The van der Waals surface area contributed by atoms with Gasteiger partial charge in [0.1, 0.15) is 0 Å². The highest BCUT2D eigenvalue weighted by molar-refractivity contribution is 6.29. The first-order valence-electron chi connectivity index (χ1n) is 6.19. The summed E-state index contributed by atoms with van der Waals surface area (Å²) in [5.74, 6) is 0. The molecule has 92 valence electrons. The number of furan rings is 1. The number of nitrogens with one attached hydrogen (secondary N) is 1. The molecule has 1 aromatic heterocycles. The van der Waals surface area contributed by atoms with Gasteiger partial charge in [0, 0.05) is 11.6 Å². The van der Waals surface area contributed by atoms with E-state index < -0.39 is 0 Å². The quantitative estimate of drug-likeness (QED) is 0.678. The lowest BCUT2D eigenvalue weighted by Crippen LogP contribution is -2.15. The maximum absolute atomic E-state index is 5.97. The third-order valence-corrected chi connectivity index (χ3v) is 3.27. The number of hydrogen-bond acceptors (Lipinski definition) is 2. The fraction of sp³-hybridized carbons (Fsp3) is 0.692. The molecule has 0 aliphatic heterocycles. The number of rotatable bonds is 8. The number of halogens is 1. The summed E-state index contributed by atoms with van der Waals surface area (Å²) >= 11 is 5.97. The predicted molar refractivity (Wildman–Crippen MR) is 68.9 cm³/mol. The van der Waals surface area contributed by atoms with Crippen LogP contribution in [0.15, 0.2) is 16.7 Å². The molecule has 0 radical (unpaired) electrons. The molecule has 1 N–H and O–H groups in total. The zero-order chi connectivity index (χ0) is 11.8. The molecular formula is C13H22ClNO. The van der Waals surface area contributed by atoms with Crippen LogP contribution in [0.5, 0.6) is 0 Å². The third-order valence-electron chi connectivity index (χ3n) is 2.97. The van der Waals surface area contributed by atoms with Crippen molar-refractivity contribution in [2.75, 3.05) is 7.05 Å². The van der Waals surface area contributed by atoms with Crippen LogP contribution in [-0.4, -0.2) is 7.05 Å². The van der Waals surface area contributed by atoms with E-state index >= 15 is 0 Å². The van der Waals surface area contributed by atoms with E-state index in [9.17, 15) is 0 Å². The maximum atomic E-state index is 5.97. The van der Waals surface area contributed by atoms with Crippen LogP contribution in [0, 0.1) is 0 Å². The minimum absolute atomic E-state index is 0.327. The highest BCUT2D eigenvalue weighted by Crippen LogP contribution is 2.27. The van der Waals surface area contributed by atoms with Gasteiger partial charge < -0.3 is 9.73 Å². The Bertz CT molecular complexity index is 285. The Morgan fingerprint density at radius 1 is 1.31 bits per heavy atom. The molecule has 0 amide bonds. The van der Waals surface area contributed by atoms with Gasteiger partial charge in [-0.25, -0.2) is 0 Å². The van der Waals surface area contributed by atoms with Crippen molar-refractivity contribution in [1.82, 2.24) is 5.32 Å². The van der Waals surface area contributed by atoms with Gasteiger partial charge >= 0.3 is 0 Å². The summed E-state index contributed by atoms with van der Waals surface area (Å²) in [7, 11) is 1.97. The summed E-state index contributed by atoms with van der Waals surface area (Å²) in [6, 6.07) is 2.28. The van der Waals surface area contributed by atoms with Crippen molar-refractivity contribution in [2.45, 2.75) is 51.5 Å². The highest BCUT2D eigenvalue weighted by atomic mass is 35.5. The second-order valence-corrected chi connectivity index (χ2v) is 4.54. The van der Waals surface area contributed by atoms with E-state index in [1.54, 1.807) is 6.26 Å². The summed E-state index contributed by atoms with van der Waals surface area (Å²) in [5.41, 5.74) is 1.08. The van der Waals surface area contributed by atoms with E-state index in [2.05, 4.69) is 12.2 Å². The summed E-state index contributed by atoms with van der Waals surface area (Å²) in [4.78, 5) is 0. The molecule has 0 aromatic carbocycles. The zero-order valence-corrected chi connectivity index (χ0v) is 11.0. The SMILES string of the molecule is CCCCCCCC(NC)c1ccoc1Cl. The van der Waals surface area contributed by atoms with Gasteiger partial charge in [0.05, 0.1) is 6.26 Å². The molecule has 1 unspecified atom stereocenters. The van der Waals surface area contributed by atoms with Gasteiger partial charge in [-0.1, -0.05) is 39.0 Å². The summed E-state index contributed by atoms with van der Waals surface area (Å²) in [5, 5.41) is 3.81. The van der Waals surface area contributed by atoms with Crippen molar-refractivity contribution in [2.24, 2.45) is 0 Å². The van der Waals surface area contributed by atoms with Crippen molar-refractivity contribution in [3.05, 3.63) is 23.1 Å². The minimum atomic E-state index is 0.327. The van der Waals surface area contributed by atoms with Crippen LogP contribution in [0.2, 0.25) is 5.22 Å². The number of unbranched alkanes of at least 4 members (excludes halogenated alkanes) is 4. The van der Waals surface area contributed by atoms with E-state index in [0.29, 0.717) is 11.3 Å². The Labute approximate surface area is 103 Å². The van der Waals surface area contributed by atoms with Crippen LogP contribution >= 0.6 is 11.6 Å². The first-order chi connectivity index (χ1) is 7.79. The minimum Gasteiger partial charge on any atom is -0.453 e. The topological polar surface area (TPSA) is 25.2 Å². The Morgan fingerprint density at radius 2 is 2.06 bits per heavy atom. The van der Waals surface area contributed by atoms with E-state index in [4.69, 9.17) is 16.0 Å². The zero-order valence-electron chi connectivity index (χ0n) is 10.3. The third kappa shape index (κ3) is 4.18. The van der Waals surface area contributed by atoms with E-state index in [1.165, 1.54) is 32.1 Å². The van der Waals surface area contributed by atoms with Crippen molar-refractivity contribution < 1.29 is 4.42 Å². The lowest BCUT2D eigenvalue weighted by atomic mass is 10.0. The lowest BCUT2D eigenvalue weighted by Gasteiger charge is -2.14. The summed E-state index contributed by atoms with van der Waals surface area (Å²) in [6.45, 7) is 2.24. The Hall–Kier alpha value is -0.470. The Balaban J connectivity index is 2.30. The van der Waals surface area contributed by atoms with E-state index in [-0.39, 0.29) is 0 Å². The summed E-state index contributed by atoms with van der Waals surface area (Å²) in [6.07, 6.45) is 9.30. The van der Waals surface area contributed by atoms with Crippen LogP contribution in [0.25, 0.3) is 0 Å².